The van der Waals surface area contributed by atoms with Gasteiger partial charge in [0, 0.05) is 18.5 Å². The summed E-state index contributed by atoms with van der Waals surface area (Å²) in [5.74, 6) is 0. The number of hydrogen-bond acceptors (Lipinski definition) is 4. The molecule has 0 amide bonds. The van der Waals surface area contributed by atoms with Crippen LogP contribution in [0.25, 0.3) is 0 Å². The van der Waals surface area contributed by atoms with E-state index in [-0.39, 0.29) is 5.54 Å². The number of aromatic nitrogens is 1. The molecule has 0 spiro atoms. The van der Waals surface area contributed by atoms with Crippen molar-refractivity contribution in [1.29, 1.82) is 0 Å². The van der Waals surface area contributed by atoms with Crippen LogP contribution in [-0.4, -0.2) is 25.2 Å². The van der Waals surface area contributed by atoms with Gasteiger partial charge in [-0.2, -0.15) is 0 Å². The minimum Gasteiger partial charge on any atom is -0.383 e. The third-order valence-electron chi connectivity index (χ3n) is 4.31. The Kier molecular flexibility index (Phi) is 4.11. The number of fused-ring (bicyclic) bond motifs is 1. The van der Waals surface area contributed by atoms with Crippen LogP contribution in [0.4, 0.5) is 0 Å². The van der Waals surface area contributed by atoms with Gasteiger partial charge in [-0.3, -0.25) is 0 Å². The monoisotopic (exact) mass is 302 g/mol. The molecule has 3 rings (SSSR count). The lowest BCUT2D eigenvalue weighted by atomic mass is 9.96. The Balaban J connectivity index is 1.94. The minimum absolute atomic E-state index is 0.0636. The van der Waals surface area contributed by atoms with E-state index in [1.165, 1.54) is 21.0 Å². The average molecular weight is 302 g/mol. The molecular formula is C17H22N2OS. The third-order valence-corrected chi connectivity index (χ3v) is 5.59. The Morgan fingerprint density at radius 2 is 1.90 bits per heavy atom. The second-order valence-electron chi connectivity index (χ2n) is 5.78. The van der Waals surface area contributed by atoms with Crippen LogP contribution < -0.4 is 5.32 Å². The number of rotatable bonds is 5. The quantitative estimate of drug-likeness (QED) is 0.862. The Morgan fingerprint density at radius 1 is 1.24 bits per heavy atom. The number of nitrogens with zero attached hydrogens (tertiary/aromatic N) is 1. The smallest absolute Gasteiger partial charge is 0.114 e. The summed E-state index contributed by atoms with van der Waals surface area (Å²) in [6.07, 6.45) is 2.03. The number of nitrogens with one attached hydrogen (secondary N) is 1. The maximum absolute atomic E-state index is 5.21. The van der Waals surface area contributed by atoms with Crippen molar-refractivity contribution in [2.75, 3.05) is 20.3 Å². The van der Waals surface area contributed by atoms with Crippen molar-refractivity contribution in [3.05, 3.63) is 51.0 Å². The molecule has 2 aromatic rings. The molecule has 0 unspecified atom stereocenters. The first kappa shape index (κ1) is 14.7. The number of ether oxygens (including phenoxy) is 1. The van der Waals surface area contributed by atoms with E-state index in [1.54, 1.807) is 7.11 Å². The normalized spacial score (nSPS) is 16.1. The van der Waals surface area contributed by atoms with Gasteiger partial charge in [0.1, 0.15) is 5.01 Å². The van der Waals surface area contributed by atoms with Crippen LogP contribution in [0.3, 0.4) is 0 Å². The van der Waals surface area contributed by atoms with Crippen molar-refractivity contribution < 1.29 is 4.74 Å². The molecule has 1 aromatic heterocycles. The van der Waals surface area contributed by atoms with E-state index >= 15 is 0 Å². The first-order chi connectivity index (χ1) is 10.1. The molecule has 1 N–H and O–H groups in total. The van der Waals surface area contributed by atoms with Crippen LogP contribution in [-0.2, 0) is 23.1 Å². The van der Waals surface area contributed by atoms with Gasteiger partial charge in [0.25, 0.3) is 0 Å². The largest absolute Gasteiger partial charge is 0.383 e. The molecule has 21 heavy (non-hydrogen) atoms. The molecule has 1 heterocycles. The molecule has 0 fully saturated rings. The Bertz CT molecular complexity index is 591. The van der Waals surface area contributed by atoms with Gasteiger partial charge in [0.05, 0.1) is 17.8 Å². The fourth-order valence-corrected chi connectivity index (χ4v) is 4.11. The number of aryl methyl sites for hydroxylation is 2. The fraction of sp³-hybridized carbons (Fsp3) is 0.471. The van der Waals surface area contributed by atoms with Crippen molar-refractivity contribution in [1.82, 2.24) is 10.3 Å². The Morgan fingerprint density at radius 3 is 2.43 bits per heavy atom. The predicted octanol–water partition coefficient (Wildman–Crippen LogP) is 2.99. The zero-order valence-electron chi connectivity index (χ0n) is 12.9. The van der Waals surface area contributed by atoms with E-state index in [0.717, 1.165) is 31.7 Å². The first-order valence-corrected chi connectivity index (χ1v) is 8.21. The summed E-state index contributed by atoms with van der Waals surface area (Å²) in [7, 11) is 1.75. The van der Waals surface area contributed by atoms with Crippen LogP contribution in [0, 0.1) is 13.8 Å². The van der Waals surface area contributed by atoms with Crippen LogP contribution in [0.15, 0.2) is 24.3 Å². The lowest BCUT2D eigenvalue weighted by Crippen LogP contribution is -2.44. The summed E-state index contributed by atoms with van der Waals surface area (Å²) >= 11 is 1.82. The first-order valence-electron chi connectivity index (χ1n) is 7.40. The second kappa shape index (κ2) is 5.87. The molecule has 0 saturated carbocycles. The summed E-state index contributed by atoms with van der Waals surface area (Å²) < 4.78 is 5.21. The van der Waals surface area contributed by atoms with Crippen molar-refractivity contribution in [3.63, 3.8) is 0 Å². The number of hydrogen-bond donors (Lipinski definition) is 1. The fourth-order valence-electron chi connectivity index (χ4n) is 3.04. The van der Waals surface area contributed by atoms with Gasteiger partial charge in [-0.15, -0.1) is 11.3 Å². The van der Waals surface area contributed by atoms with E-state index < -0.39 is 0 Å². The molecule has 0 aliphatic heterocycles. The summed E-state index contributed by atoms with van der Waals surface area (Å²) in [6.45, 7) is 5.82. The Labute approximate surface area is 130 Å². The maximum Gasteiger partial charge on any atom is 0.114 e. The van der Waals surface area contributed by atoms with Crippen LogP contribution in [0.2, 0.25) is 0 Å². The van der Waals surface area contributed by atoms with Gasteiger partial charge in [0.2, 0.25) is 0 Å². The lowest BCUT2D eigenvalue weighted by molar-refractivity contribution is 0.184. The van der Waals surface area contributed by atoms with Crippen molar-refractivity contribution >= 4 is 11.3 Å². The number of benzene rings is 1. The van der Waals surface area contributed by atoms with E-state index in [0.29, 0.717) is 0 Å². The predicted molar refractivity (Wildman–Crippen MR) is 87.0 cm³/mol. The standard InChI is InChI=1S/C17H22N2OS/c1-12-13(2)21-16(19-12)17(18-8-9-20-3)10-14-6-4-5-7-15(14)11-17/h4-7,18H,8-11H2,1-3H3. The molecule has 1 aromatic carbocycles. The molecule has 1 aliphatic rings. The highest BCUT2D eigenvalue weighted by Crippen LogP contribution is 2.39. The Hall–Kier alpha value is -1.23. The van der Waals surface area contributed by atoms with E-state index in [2.05, 4.69) is 43.4 Å². The highest BCUT2D eigenvalue weighted by molar-refractivity contribution is 7.11. The topological polar surface area (TPSA) is 34.1 Å². The van der Waals surface area contributed by atoms with Crippen LogP contribution in [0.1, 0.15) is 26.7 Å². The molecule has 1 aliphatic carbocycles. The van der Waals surface area contributed by atoms with E-state index in [1.807, 2.05) is 11.3 Å². The molecule has 3 nitrogen and oxygen atoms in total. The van der Waals surface area contributed by atoms with Gasteiger partial charge in [-0.25, -0.2) is 4.98 Å². The maximum atomic E-state index is 5.21. The third kappa shape index (κ3) is 2.76. The number of thiazole rings is 1. The second-order valence-corrected chi connectivity index (χ2v) is 6.99. The number of methoxy groups -OCH3 is 1. The highest BCUT2D eigenvalue weighted by atomic mass is 32.1. The van der Waals surface area contributed by atoms with Gasteiger partial charge in [0.15, 0.2) is 0 Å². The van der Waals surface area contributed by atoms with Crippen LogP contribution >= 0.6 is 11.3 Å². The molecule has 0 atom stereocenters. The molecular weight excluding hydrogens is 280 g/mol. The SMILES string of the molecule is COCCNC1(c2nc(C)c(C)s2)Cc2ccccc2C1. The molecule has 0 bridgehead atoms. The molecule has 112 valence electrons. The highest BCUT2D eigenvalue weighted by Gasteiger charge is 2.40. The van der Waals surface area contributed by atoms with Gasteiger partial charge in [-0.05, 0) is 37.8 Å². The zero-order chi connectivity index (χ0) is 14.9. The molecule has 0 saturated heterocycles. The van der Waals surface area contributed by atoms with E-state index in [4.69, 9.17) is 9.72 Å². The summed E-state index contributed by atoms with van der Waals surface area (Å²) in [5.41, 5.74) is 3.96. The summed E-state index contributed by atoms with van der Waals surface area (Å²) in [4.78, 5) is 6.16. The van der Waals surface area contributed by atoms with Crippen molar-refractivity contribution in [2.45, 2.75) is 32.2 Å². The van der Waals surface area contributed by atoms with Crippen LogP contribution in [0.5, 0.6) is 0 Å². The van der Waals surface area contributed by atoms with E-state index in [9.17, 15) is 0 Å². The summed E-state index contributed by atoms with van der Waals surface area (Å²) in [6, 6.07) is 8.73. The van der Waals surface area contributed by atoms with Gasteiger partial charge >= 0.3 is 0 Å². The summed E-state index contributed by atoms with van der Waals surface area (Å²) in [5, 5.41) is 4.94. The van der Waals surface area contributed by atoms with Gasteiger partial charge in [-0.1, -0.05) is 24.3 Å². The lowest BCUT2D eigenvalue weighted by Gasteiger charge is -2.28. The molecule has 4 heteroatoms. The average Bonchev–Trinajstić information content (AvgIpc) is 3.01. The van der Waals surface area contributed by atoms with Crippen molar-refractivity contribution in [3.8, 4) is 0 Å². The van der Waals surface area contributed by atoms with Gasteiger partial charge < -0.3 is 10.1 Å². The minimum atomic E-state index is -0.0636. The molecule has 0 radical (unpaired) electrons. The zero-order valence-corrected chi connectivity index (χ0v) is 13.7. The van der Waals surface area contributed by atoms with Crippen molar-refractivity contribution in [2.24, 2.45) is 0 Å².